The average molecular weight is 421 g/mol. The third kappa shape index (κ3) is 5.47. The van der Waals surface area contributed by atoms with Gasteiger partial charge in [-0.05, 0) is 55.2 Å². The molecular formula is C29H44N2. The van der Waals surface area contributed by atoms with Gasteiger partial charge < -0.3 is 0 Å². The fraction of sp³-hybridized carbons (Fsp3) is 0.483. The average Bonchev–Trinajstić information content (AvgIpc) is 3.24. The standard InChI is InChI=1S/C25H32N2.2C2H6/c1-8-25(7,17(2)3)22-12-10-9-11-21(22)24-26-13-14-27(24)23-19(5)15-18(4)16-20(23)6;2*1-2/h9-17H,8H2,1-7H3;2*1-2H3. The third-order valence-corrected chi connectivity index (χ3v) is 6.31. The highest BCUT2D eigenvalue weighted by Crippen LogP contribution is 2.41. The lowest BCUT2D eigenvalue weighted by molar-refractivity contribution is 0.327. The highest BCUT2D eigenvalue weighted by atomic mass is 15.1. The van der Waals surface area contributed by atoms with Crippen LogP contribution in [-0.2, 0) is 5.41 Å². The van der Waals surface area contributed by atoms with Crippen LogP contribution in [0.25, 0.3) is 17.1 Å². The predicted molar refractivity (Wildman–Crippen MR) is 138 cm³/mol. The zero-order valence-corrected chi connectivity index (χ0v) is 21.8. The van der Waals surface area contributed by atoms with Gasteiger partial charge in [0.25, 0.3) is 0 Å². The van der Waals surface area contributed by atoms with Gasteiger partial charge in [0.2, 0.25) is 0 Å². The Morgan fingerprint density at radius 1 is 0.935 bits per heavy atom. The van der Waals surface area contributed by atoms with Crippen LogP contribution < -0.4 is 0 Å². The van der Waals surface area contributed by atoms with Crippen molar-refractivity contribution in [1.82, 2.24) is 9.55 Å². The molecule has 0 aliphatic carbocycles. The molecule has 2 nitrogen and oxygen atoms in total. The maximum Gasteiger partial charge on any atom is 0.144 e. The molecule has 1 unspecified atom stereocenters. The maximum atomic E-state index is 4.80. The highest BCUT2D eigenvalue weighted by Gasteiger charge is 2.31. The van der Waals surface area contributed by atoms with Crippen molar-refractivity contribution >= 4 is 0 Å². The van der Waals surface area contributed by atoms with Crippen LogP contribution in [0, 0.1) is 26.7 Å². The highest BCUT2D eigenvalue weighted by molar-refractivity contribution is 5.66. The second-order valence-corrected chi connectivity index (χ2v) is 8.34. The summed E-state index contributed by atoms with van der Waals surface area (Å²) >= 11 is 0. The first-order chi connectivity index (χ1) is 14.8. The minimum absolute atomic E-state index is 0.116. The molecule has 0 bridgehead atoms. The van der Waals surface area contributed by atoms with Gasteiger partial charge in [-0.15, -0.1) is 0 Å². The van der Waals surface area contributed by atoms with Crippen LogP contribution in [0.5, 0.6) is 0 Å². The summed E-state index contributed by atoms with van der Waals surface area (Å²) in [6, 6.07) is 13.3. The number of aromatic nitrogens is 2. The van der Waals surface area contributed by atoms with Crippen molar-refractivity contribution in [2.24, 2.45) is 5.92 Å². The smallest absolute Gasteiger partial charge is 0.144 e. The van der Waals surface area contributed by atoms with Crippen LogP contribution in [-0.4, -0.2) is 9.55 Å². The van der Waals surface area contributed by atoms with Crippen molar-refractivity contribution in [3.63, 3.8) is 0 Å². The van der Waals surface area contributed by atoms with E-state index in [1.807, 2.05) is 33.9 Å². The first-order valence-corrected chi connectivity index (χ1v) is 12.0. The van der Waals surface area contributed by atoms with Gasteiger partial charge in [0.05, 0.1) is 5.69 Å². The molecule has 2 aromatic carbocycles. The second-order valence-electron chi connectivity index (χ2n) is 8.34. The predicted octanol–water partition coefficient (Wildman–Crippen LogP) is 8.84. The monoisotopic (exact) mass is 420 g/mol. The van der Waals surface area contributed by atoms with Crippen LogP contribution in [0.15, 0.2) is 48.8 Å². The van der Waals surface area contributed by atoms with E-state index < -0.39 is 0 Å². The topological polar surface area (TPSA) is 17.8 Å². The Labute approximate surface area is 191 Å². The zero-order valence-electron chi connectivity index (χ0n) is 21.8. The molecule has 3 rings (SSSR count). The summed E-state index contributed by atoms with van der Waals surface area (Å²) in [7, 11) is 0. The lowest BCUT2D eigenvalue weighted by atomic mass is 9.70. The quantitative estimate of drug-likeness (QED) is 0.403. The Morgan fingerprint density at radius 3 is 2.00 bits per heavy atom. The lowest BCUT2D eigenvalue weighted by Gasteiger charge is -2.35. The first kappa shape index (κ1) is 26.7. The largest absolute Gasteiger partial charge is 0.299 e. The minimum Gasteiger partial charge on any atom is -0.299 e. The van der Waals surface area contributed by atoms with E-state index in [1.54, 1.807) is 0 Å². The molecule has 0 spiro atoms. The van der Waals surface area contributed by atoms with E-state index in [1.165, 1.54) is 33.5 Å². The first-order valence-electron chi connectivity index (χ1n) is 12.0. The number of nitrogens with zero attached hydrogens (tertiary/aromatic N) is 2. The summed E-state index contributed by atoms with van der Waals surface area (Å²) in [6.45, 7) is 23.8. The van der Waals surface area contributed by atoms with E-state index in [9.17, 15) is 0 Å². The Balaban J connectivity index is 0.00000113. The van der Waals surface area contributed by atoms with Crippen molar-refractivity contribution in [3.8, 4) is 17.1 Å². The van der Waals surface area contributed by atoms with E-state index in [0.717, 1.165) is 12.2 Å². The molecule has 1 aromatic heterocycles. The number of hydrogen-bond acceptors (Lipinski definition) is 1. The summed E-state index contributed by atoms with van der Waals surface area (Å²) in [5, 5.41) is 0. The normalized spacial score (nSPS) is 12.4. The molecule has 0 fully saturated rings. The molecule has 3 aromatic rings. The molecule has 0 aliphatic rings. The van der Waals surface area contributed by atoms with Gasteiger partial charge in [-0.25, -0.2) is 4.98 Å². The van der Waals surface area contributed by atoms with Gasteiger partial charge in [-0.1, -0.05) is 97.4 Å². The molecule has 1 atom stereocenters. The number of benzene rings is 2. The van der Waals surface area contributed by atoms with Crippen molar-refractivity contribution in [3.05, 3.63) is 71.0 Å². The molecule has 31 heavy (non-hydrogen) atoms. The van der Waals surface area contributed by atoms with Crippen LogP contribution in [0.2, 0.25) is 0 Å². The molecule has 1 heterocycles. The van der Waals surface area contributed by atoms with Gasteiger partial charge in [0.1, 0.15) is 5.82 Å². The number of imidazole rings is 1. The Kier molecular flexibility index (Phi) is 10.2. The Bertz CT molecular complexity index is 926. The van der Waals surface area contributed by atoms with Crippen molar-refractivity contribution in [1.29, 1.82) is 0 Å². The molecule has 170 valence electrons. The van der Waals surface area contributed by atoms with E-state index in [-0.39, 0.29) is 5.41 Å². The fourth-order valence-corrected chi connectivity index (χ4v) is 4.32. The van der Waals surface area contributed by atoms with Crippen LogP contribution in [0.3, 0.4) is 0 Å². The molecular weight excluding hydrogens is 376 g/mol. The Morgan fingerprint density at radius 2 is 1.48 bits per heavy atom. The maximum absolute atomic E-state index is 4.80. The Hall–Kier alpha value is -2.35. The third-order valence-electron chi connectivity index (χ3n) is 6.31. The number of aryl methyl sites for hydroxylation is 3. The van der Waals surface area contributed by atoms with E-state index in [4.69, 9.17) is 4.98 Å². The van der Waals surface area contributed by atoms with E-state index >= 15 is 0 Å². The molecule has 0 aliphatic heterocycles. The molecule has 0 N–H and O–H groups in total. The van der Waals surface area contributed by atoms with Crippen LogP contribution in [0.1, 0.15) is 84.1 Å². The van der Waals surface area contributed by atoms with Crippen molar-refractivity contribution in [2.45, 2.75) is 88.0 Å². The van der Waals surface area contributed by atoms with Gasteiger partial charge in [0, 0.05) is 18.0 Å². The molecule has 0 amide bonds. The summed E-state index contributed by atoms with van der Waals surface area (Å²) in [4.78, 5) is 4.80. The van der Waals surface area contributed by atoms with Crippen molar-refractivity contribution in [2.75, 3.05) is 0 Å². The second kappa shape index (κ2) is 11.9. The molecule has 0 radical (unpaired) electrons. The SMILES string of the molecule is CC.CC.CCC(C)(c1ccccc1-c1nccn1-c1c(C)cc(C)cc1C)C(C)C. The van der Waals surface area contributed by atoms with Gasteiger partial charge in [-0.3, -0.25) is 4.57 Å². The molecule has 0 saturated heterocycles. The number of rotatable bonds is 5. The van der Waals surface area contributed by atoms with Crippen LogP contribution in [0.4, 0.5) is 0 Å². The van der Waals surface area contributed by atoms with Gasteiger partial charge in [0.15, 0.2) is 0 Å². The van der Waals surface area contributed by atoms with E-state index in [0.29, 0.717) is 5.92 Å². The fourth-order valence-electron chi connectivity index (χ4n) is 4.32. The summed E-state index contributed by atoms with van der Waals surface area (Å²) < 4.78 is 2.26. The van der Waals surface area contributed by atoms with Crippen molar-refractivity contribution < 1.29 is 0 Å². The lowest BCUT2D eigenvalue weighted by Crippen LogP contribution is -2.28. The van der Waals surface area contributed by atoms with Gasteiger partial charge in [-0.2, -0.15) is 0 Å². The zero-order chi connectivity index (χ0) is 23.8. The molecule has 0 saturated carbocycles. The van der Waals surface area contributed by atoms with Crippen LogP contribution >= 0.6 is 0 Å². The van der Waals surface area contributed by atoms with E-state index in [2.05, 4.69) is 95.6 Å². The summed E-state index contributed by atoms with van der Waals surface area (Å²) in [6.07, 6.45) is 5.12. The van der Waals surface area contributed by atoms with Gasteiger partial charge >= 0.3 is 0 Å². The molecule has 2 heteroatoms. The summed E-state index contributed by atoms with van der Waals surface area (Å²) in [5.41, 5.74) is 7.85. The minimum atomic E-state index is 0.116. The number of hydrogen-bond donors (Lipinski definition) is 0. The summed E-state index contributed by atoms with van der Waals surface area (Å²) in [5.74, 6) is 1.58.